The van der Waals surface area contributed by atoms with E-state index < -0.39 is 5.82 Å². The minimum atomic E-state index is -0.602. The van der Waals surface area contributed by atoms with Crippen molar-refractivity contribution < 1.29 is 23.3 Å². The molecule has 2 N–H and O–H groups in total. The Kier molecular flexibility index (Phi) is 7.97. The first-order valence-corrected chi connectivity index (χ1v) is 9.64. The topological polar surface area (TPSA) is 92.0 Å². The molecule has 31 heavy (non-hydrogen) atoms. The second kappa shape index (κ2) is 11.1. The molecule has 0 aliphatic rings. The van der Waals surface area contributed by atoms with E-state index in [1.807, 2.05) is 24.3 Å². The summed E-state index contributed by atoms with van der Waals surface area (Å²) in [7, 11) is 3.22. The molecule has 2 aromatic carbocycles. The summed E-state index contributed by atoms with van der Waals surface area (Å²) >= 11 is 0. The average molecular weight is 428 g/mol. The summed E-state index contributed by atoms with van der Waals surface area (Å²) in [4.78, 5) is 9.48. The summed E-state index contributed by atoms with van der Waals surface area (Å²) in [6.45, 7) is 1.83. The first-order chi connectivity index (χ1) is 15.1. The van der Waals surface area contributed by atoms with E-state index in [1.165, 1.54) is 0 Å². The van der Waals surface area contributed by atoms with Crippen LogP contribution in [0.4, 0.5) is 27.5 Å². The first kappa shape index (κ1) is 22.3. The van der Waals surface area contributed by atoms with Crippen LogP contribution in [0.2, 0.25) is 0 Å². The van der Waals surface area contributed by atoms with Crippen LogP contribution in [0.15, 0.2) is 54.7 Å². The number of nitrogens with two attached hydrogens (primary N) is 1. The molecule has 0 bridgehead atoms. The van der Waals surface area contributed by atoms with Crippen LogP contribution in [0.25, 0.3) is 0 Å². The van der Waals surface area contributed by atoms with E-state index in [9.17, 15) is 4.39 Å². The molecule has 0 saturated carbocycles. The summed E-state index contributed by atoms with van der Waals surface area (Å²) in [6, 6.07) is 14.4. The standard InChI is InChI=1S/C22H25FN4O4/c1-28-11-13-30-18-7-3-16(4-8-18)27(21-20(23)15-25-22(24)26-21)17-5-9-19(10-6-17)31-14-12-29-2/h3-10,15H,11-14H2,1-2H3,(H2,24,25,26). The van der Waals surface area contributed by atoms with E-state index in [1.54, 1.807) is 43.4 Å². The molecule has 0 amide bonds. The average Bonchev–Trinajstić information content (AvgIpc) is 2.79. The molecular formula is C22H25FN4O4. The van der Waals surface area contributed by atoms with E-state index in [2.05, 4.69) is 9.97 Å². The van der Waals surface area contributed by atoms with Crippen LogP contribution >= 0.6 is 0 Å². The quantitative estimate of drug-likeness (QED) is 0.462. The van der Waals surface area contributed by atoms with E-state index in [4.69, 9.17) is 24.7 Å². The molecule has 164 valence electrons. The second-order valence-electron chi connectivity index (χ2n) is 6.41. The van der Waals surface area contributed by atoms with Crippen LogP contribution in [0.5, 0.6) is 11.5 Å². The molecule has 3 aromatic rings. The van der Waals surface area contributed by atoms with Gasteiger partial charge in [0.1, 0.15) is 24.7 Å². The van der Waals surface area contributed by atoms with Crippen LogP contribution in [0.3, 0.4) is 0 Å². The molecule has 0 radical (unpaired) electrons. The normalized spacial score (nSPS) is 10.7. The van der Waals surface area contributed by atoms with Gasteiger partial charge < -0.3 is 24.7 Å². The Morgan fingerprint density at radius 1 is 0.806 bits per heavy atom. The highest BCUT2D eigenvalue weighted by atomic mass is 19.1. The van der Waals surface area contributed by atoms with Gasteiger partial charge in [-0.15, -0.1) is 0 Å². The minimum Gasteiger partial charge on any atom is -0.491 e. The van der Waals surface area contributed by atoms with Gasteiger partial charge in [-0.05, 0) is 48.5 Å². The van der Waals surface area contributed by atoms with E-state index >= 15 is 0 Å². The molecule has 0 aliphatic carbocycles. The van der Waals surface area contributed by atoms with Crippen molar-refractivity contribution in [2.75, 3.05) is 51.3 Å². The Labute approximate surface area is 180 Å². The molecule has 0 aliphatic heterocycles. The number of nitrogens with zero attached hydrogens (tertiary/aromatic N) is 3. The molecule has 0 saturated heterocycles. The number of rotatable bonds is 11. The minimum absolute atomic E-state index is 0.0274. The molecule has 9 heteroatoms. The number of hydrogen-bond donors (Lipinski definition) is 1. The van der Waals surface area contributed by atoms with Crippen molar-refractivity contribution in [3.05, 3.63) is 60.5 Å². The third-order valence-electron chi connectivity index (χ3n) is 4.26. The highest BCUT2D eigenvalue weighted by Crippen LogP contribution is 2.36. The lowest BCUT2D eigenvalue weighted by Crippen LogP contribution is -2.15. The Balaban J connectivity index is 1.91. The highest BCUT2D eigenvalue weighted by Gasteiger charge is 2.19. The van der Waals surface area contributed by atoms with Crippen LogP contribution in [0, 0.1) is 5.82 Å². The largest absolute Gasteiger partial charge is 0.491 e. The third-order valence-corrected chi connectivity index (χ3v) is 4.26. The van der Waals surface area contributed by atoms with Gasteiger partial charge in [0.25, 0.3) is 0 Å². The zero-order valence-corrected chi connectivity index (χ0v) is 17.5. The molecule has 3 rings (SSSR count). The van der Waals surface area contributed by atoms with Gasteiger partial charge in [-0.1, -0.05) is 0 Å². The van der Waals surface area contributed by atoms with Gasteiger partial charge in [-0.3, -0.25) is 4.90 Å². The maximum atomic E-state index is 14.7. The Bertz CT molecular complexity index is 901. The van der Waals surface area contributed by atoms with Gasteiger partial charge in [0, 0.05) is 25.6 Å². The fourth-order valence-corrected chi connectivity index (χ4v) is 2.79. The predicted octanol–water partition coefficient (Wildman–Crippen LogP) is 3.72. The van der Waals surface area contributed by atoms with E-state index in [0.29, 0.717) is 49.3 Å². The summed E-state index contributed by atoms with van der Waals surface area (Å²) in [5, 5.41) is 0. The second-order valence-corrected chi connectivity index (χ2v) is 6.41. The molecular weight excluding hydrogens is 403 g/mol. The van der Waals surface area contributed by atoms with Crippen molar-refractivity contribution in [2.24, 2.45) is 0 Å². The van der Waals surface area contributed by atoms with Gasteiger partial charge in [0.2, 0.25) is 5.95 Å². The van der Waals surface area contributed by atoms with Crippen molar-refractivity contribution >= 4 is 23.1 Å². The first-order valence-electron chi connectivity index (χ1n) is 9.64. The Hall–Kier alpha value is -3.43. The van der Waals surface area contributed by atoms with Crippen LogP contribution in [-0.2, 0) is 9.47 Å². The predicted molar refractivity (Wildman–Crippen MR) is 116 cm³/mol. The molecule has 0 fully saturated rings. The fourth-order valence-electron chi connectivity index (χ4n) is 2.79. The van der Waals surface area contributed by atoms with Gasteiger partial charge >= 0.3 is 0 Å². The number of anilines is 4. The summed E-state index contributed by atoms with van der Waals surface area (Å²) in [5.74, 6) is 0.750. The maximum Gasteiger partial charge on any atom is 0.222 e. The highest BCUT2D eigenvalue weighted by molar-refractivity contribution is 5.75. The molecule has 1 aromatic heterocycles. The number of benzene rings is 2. The van der Waals surface area contributed by atoms with Crippen molar-refractivity contribution in [1.82, 2.24) is 9.97 Å². The summed E-state index contributed by atoms with van der Waals surface area (Å²) < 4.78 is 35.9. The Morgan fingerprint density at radius 2 is 1.29 bits per heavy atom. The van der Waals surface area contributed by atoms with Crippen molar-refractivity contribution in [3.8, 4) is 11.5 Å². The molecule has 1 heterocycles. The van der Waals surface area contributed by atoms with Crippen LogP contribution in [0.1, 0.15) is 0 Å². The lowest BCUT2D eigenvalue weighted by Gasteiger charge is -2.25. The zero-order valence-electron chi connectivity index (χ0n) is 17.5. The van der Waals surface area contributed by atoms with Crippen molar-refractivity contribution in [3.63, 3.8) is 0 Å². The van der Waals surface area contributed by atoms with Gasteiger partial charge in [0.15, 0.2) is 11.6 Å². The molecule has 0 spiro atoms. The monoisotopic (exact) mass is 428 g/mol. The van der Waals surface area contributed by atoms with E-state index in [-0.39, 0.29) is 11.8 Å². The number of ether oxygens (including phenoxy) is 4. The number of nitrogen functional groups attached to an aromatic ring is 1. The third kappa shape index (κ3) is 6.03. The molecule has 0 atom stereocenters. The lowest BCUT2D eigenvalue weighted by atomic mass is 10.2. The molecule has 0 unspecified atom stereocenters. The number of aromatic nitrogens is 2. The fraction of sp³-hybridized carbons (Fsp3) is 0.273. The van der Waals surface area contributed by atoms with Crippen molar-refractivity contribution in [2.45, 2.75) is 0 Å². The van der Waals surface area contributed by atoms with Crippen molar-refractivity contribution in [1.29, 1.82) is 0 Å². The van der Waals surface area contributed by atoms with Gasteiger partial charge in [0.05, 0.1) is 19.4 Å². The number of halogens is 1. The number of hydrogen-bond acceptors (Lipinski definition) is 8. The summed E-state index contributed by atoms with van der Waals surface area (Å²) in [5.41, 5.74) is 7.07. The smallest absolute Gasteiger partial charge is 0.222 e. The zero-order chi connectivity index (χ0) is 22.1. The van der Waals surface area contributed by atoms with Gasteiger partial charge in [-0.25, -0.2) is 9.37 Å². The Morgan fingerprint density at radius 3 is 1.74 bits per heavy atom. The van der Waals surface area contributed by atoms with Crippen LogP contribution < -0.4 is 20.1 Å². The summed E-state index contributed by atoms with van der Waals surface area (Å²) in [6.07, 6.45) is 1.05. The number of methoxy groups -OCH3 is 2. The maximum absolute atomic E-state index is 14.7. The van der Waals surface area contributed by atoms with E-state index in [0.717, 1.165) is 6.20 Å². The van der Waals surface area contributed by atoms with Crippen LogP contribution in [-0.4, -0.2) is 50.6 Å². The van der Waals surface area contributed by atoms with Gasteiger partial charge in [-0.2, -0.15) is 4.98 Å². The molecule has 8 nitrogen and oxygen atoms in total. The lowest BCUT2D eigenvalue weighted by molar-refractivity contribution is 0.146. The SMILES string of the molecule is COCCOc1ccc(N(c2ccc(OCCOC)cc2)c2nc(N)ncc2F)cc1.